The number of fused-ring (bicyclic) bond motifs is 1. The van der Waals surface area contributed by atoms with Crippen molar-refractivity contribution in [1.82, 2.24) is 20.4 Å². The molecule has 0 atom stereocenters. The minimum atomic E-state index is 0.0180. The molecule has 3 rings (SSSR count). The summed E-state index contributed by atoms with van der Waals surface area (Å²) in [5.74, 6) is 0.163. The second kappa shape index (κ2) is 6.81. The summed E-state index contributed by atoms with van der Waals surface area (Å²) in [7, 11) is 0. The minimum Gasteiger partial charge on any atom is -0.356 e. The van der Waals surface area contributed by atoms with E-state index in [-0.39, 0.29) is 17.7 Å². The van der Waals surface area contributed by atoms with Crippen LogP contribution in [0.5, 0.6) is 0 Å². The molecule has 0 unspecified atom stereocenters. The lowest BCUT2D eigenvalue weighted by Gasteiger charge is -2.31. The molecule has 122 valence electrons. The molecular formula is C17H22N4O2. The number of aromatic amines is 1. The molecule has 0 bridgehead atoms. The third kappa shape index (κ3) is 3.21. The Hall–Kier alpha value is -2.37. The molecule has 2 N–H and O–H groups in total. The molecule has 0 aliphatic carbocycles. The molecule has 1 aromatic carbocycles. The van der Waals surface area contributed by atoms with E-state index in [1.165, 1.54) is 0 Å². The van der Waals surface area contributed by atoms with Crippen molar-refractivity contribution in [3.8, 4) is 0 Å². The highest BCUT2D eigenvalue weighted by Crippen LogP contribution is 2.22. The summed E-state index contributed by atoms with van der Waals surface area (Å²) in [5, 5.41) is 10.7. The number of carbonyl (C=O) groups excluding carboxylic acids is 2. The Balaban J connectivity index is 1.64. The van der Waals surface area contributed by atoms with Gasteiger partial charge in [-0.15, -0.1) is 0 Å². The van der Waals surface area contributed by atoms with Crippen LogP contribution in [0.3, 0.4) is 0 Å². The van der Waals surface area contributed by atoms with Gasteiger partial charge in [0.2, 0.25) is 5.91 Å². The Morgan fingerprint density at radius 2 is 2.13 bits per heavy atom. The summed E-state index contributed by atoms with van der Waals surface area (Å²) in [6.07, 6.45) is 4.08. The first-order chi connectivity index (χ1) is 11.2. The highest BCUT2D eigenvalue weighted by molar-refractivity contribution is 6.06. The summed E-state index contributed by atoms with van der Waals surface area (Å²) in [6, 6.07) is 5.60. The smallest absolute Gasteiger partial charge is 0.254 e. The molecule has 2 heterocycles. The first-order valence-electron chi connectivity index (χ1n) is 8.19. The van der Waals surface area contributed by atoms with E-state index in [1.54, 1.807) is 6.20 Å². The van der Waals surface area contributed by atoms with E-state index < -0.39 is 0 Å². The number of likely N-dealkylation sites (tertiary alicyclic amines) is 1. The molecule has 1 aromatic heterocycles. The van der Waals surface area contributed by atoms with E-state index in [9.17, 15) is 9.59 Å². The fourth-order valence-corrected chi connectivity index (χ4v) is 3.06. The van der Waals surface area contributed by atoms with E-state index in [1.807, 2.05) is 30.0 Å². The molecule has 1 aliphatic rings. The maximum atomic E-state index is 12.7. The lowest BCUT2D eigenvalue weighted by atomic mass is 9.95. The van der Waals surface area contributed by atoms with Crippen LogP contribution in [0.25, 0.3) is 10.9 Å². The topological polar surface area (TPSA) is 78.1 Å². The van der Waals surface area contributed by atoms with Gasteiger partial charge in [-0.1, -0.05) is 13.0 Å². The normalized spacial score (nSPS) is 15.8. The molecule has 23 heavy (non-hydrogen) atoms. The molecular weight excluding hydrogens is 292 g/mol. The second-order valence-corrected chi connectivity index (χ2v) is 5.99. The van der Waals surface area contributed by atoms with E-state index in [2.05, 4.69) is 15.5 Å². The zero-order valence-corrected chi connectivity index (χ0v) is 13.3. The van der Waals surface area contributed by atoms with Gasteiger partial charge in [0.25, 0.3) is 5.91 Å². The highest BCUT2D eigenvalue weighted by atomic mass is 16.2. The SMILES string of the molecule is CCCNC(=O)C1CCN(C(=O)c2cccc3[nH]ncc23)CC1. The molecule has 1 saturated heterocycles. The fourth-order valence-electron chi connectivity index (χ4n) is 3.06. The summed E-state index contributed by atoms with van der Waals surface area (Å²) >= 11 is 0. The number of nitrogens with zero attached hydrogens (tertiary/aromatic N) is 2. The summed E-state index contributed by atoms with van der Waals surface area (Å²) in [6.45, 7) is 4.01. The Morgan fingerprint density at radius 1 is 1.35 bits per heavy atom. The van der Waals surface area contributed by atoms with Gasteiger partial charge in [0.05, 0.1) is 17.3 Å². The summed E-state index contributed by atoms with van der Waals surface area (Å²) in [4.78, 5) is 26.6. The third-order valence-electron chi connectivity index (χ3n) is 4.42. The van der Waals surface area contributed by atoms with Crippen LogP contribution in [-0.4, -0.2) is 46.5 Å². The number of piperidine rings is 1. The van der Waals surface area contributed by atoms with Crippen LogP contribution in [0.4, 0.5) is 0 Å². The molecule has 6 nitrogen and oxygen atoms in total. The average molecular weight is 314 g/mol. The second-order valence-electron chi connectivity index (χ2n) is 5.99. The zero-order chi connectivity index (χ0) is 16.2. The summed E-state index contributed by atoms with van der Waals surface area (Å²) in [5.41, 5.74) is 1.54. The van der Waals surface area contributed by atoms with Crippen molar-refractivity contribution < 1.29 is 9.59 Å². The lowest BCUT2D eigenvalue weighted by molar-refractivity contribution is -0.126. The Bertz CT molecular complexity index is 701. The standard InChI is InChI=1S/C17H22N4O2/c1-2-8-18-16(22)12-6-9-21(10-7-12)17(23)13-4-3-5-15-14(13)11-19-20-15/h3-5,11-12H,2,6-10H2,1H3,(H,18,22)(H,19,20). The van der Waals surface area contributed by atoms with Crippen molar-refractivity contribution in [2.45, 2.75) is 26.2 Å². The van der Waals surface area contributed by atoms with Gasteiger partial charge in [0.1, 0.15) is 0 Å². The van der Waals surface area contributed by atoms with Gasteiger partial charge in [-0.3, -0.25) is 14.7 Å². The van der Waals surface area contributed by atoms with Crippen molar-refractivity contribution in [2.24, 2.45) is 5.92 Å². The quantitative estimate of drug-likeness (QED) is 0.905. The van der Waals surface area contributed by atoms with E-state index in [4.69, 9.17) is 0 Å². The molecule has 0 radical (unpaired) electrons. The van der Waals surface area contributed by atoms with E-state index in [0.29, 0.717) is 18.7 Å². The fraction of sp³-hybridized carbons (Fsp3) is 0.471. The molecule has 0 spiro atoms. The molecule has 6 heteroatoms. The first kappa shape index (κ1) is 15.5. The number of rotatable bonds is 4. The van der Waals surface area contributed by atoms with Gasteiger partial charge in [-0.05, 0) is 31.4 Å². The van der Waals surface area contributed by atoms with Gasteiger partial charge in [-0.2, -0.15) is 5.10 Å². The van der Waals surface area contributed by atoms with Gasteiger partial charge < -0.3 is 10.2 Å². The van der Waals surface area contributed by atoms with Gasteiger partial charge in [0.15, 0.2) is 0 Å². The Kier molecular flexibility index (Phi) is 4.60. The third-order valence-corrected chi connectivity index (χ3v) is 4.42. The Labute approximate surface area is 135 Å². The van der Waals surface area contributed by atoms with Crippen LogP contribution >= 0.6 is 0 Å². The molecule has 2 amide bonds. The molecule has 0 saturated carbocycles. The number of benzene rings is 1. The maximum Gasteiger partial charge on any atom is 0.254 e. The van der Waals surface area contributed by atoms with Crippen LogP contribution in [0.1, 0.15) is 36.5 Å². The van der Waals surface area contributed by atoms with Gasteiger partial charge >= 0.3 is 0 Å². The number of nitrogens with one attached hydrogen (secondary N) is 2. The van der Waals surface area contributed by atoms with Crippen molar-refractivity contribution in [2.75, 3.05) is 19.6 Å². The van der Waals surface area contributed by atoms with Crippen LogP contribution < -0.4 is 5.32 Å². The molecule has 1 fully saturated rings. The summed E-state index contributed by atoms with van der Waals surface area (Å²) < 4.78 is 0. The lowest BCUT2D eigenvalue weighted by Crippen LogP contribution is -2.43. The van der Waals surface area contributed by atoms with Crippen LogP contribution in [0.2, 0.25) is 0 Å². The predicted octanol–water partition coefficient (Wildman–Crippen LogP) is 1.94. The number of H-pyrrole nitrogens is 1. The zero-order valence-electron chi connectivity index (χ0n) is 13.3. The molecule has 2 aromatic rings. The van der Waals surface area contributed by atoms with Gasteiger partial charge in [0, 0.05) is 30.9 Å². The predicted molar refractivity (Wildman–Crippen MR) is 88.0 cm³/mol. The minimum absolute atomic E-state index is 0.0180. The van der Waals surface area contributed by atoms with Crippen molar-refractivity contribution >= 4 is 22.7 Å². The van der Waals surface area contributed by atoms with Crippen molar-refractivity contribution in [3.05, 3.63) is 30.0 Å². The Morgan fingerprint density at radius 3 is 2.87 bits per heavy atom. The van der Waals surface area contributed by atoms with Crippen molar-refractivity contribution in [3.63, 3.8) is 0 Å². The average Bonchev–Trinajstić information content (AvgIpc) is 3.08. The molecule has 1 aliphatic heterocycles. The largest absolute Gasteiger partial charge is 0.356 e. The number of amides is 2. The maximum absolute atomic E-state index is 12.7. The van der Waals surface area contributed by atoms with Crippen LogP contribution in [-0.2, 0) is 4.79 Å². The van der Waals surface area contributed by atoms with Crippen LogP contribution in [0, 0.1) is 5.92 Å². The highest BCUT2D eigenvalue weighted by Gasteiger charge is 2.28. The monoisotopic (exact) mass is 314 g/mol. The van der Waals surface area contributed by atoms with Crippen LogP contribution in [0.15, 0.2) is 24.4 Å². The number of hydrogen-bond donors (Lipinski definition) is 2. The number of aromatic nitrogens is 2. The first-order valence-corrected chi connectivity index (χ1v) is 8.19. The van der Waals surface area contributed by atoms with Crippen molar-refractivity contribution in [1.29, 1.82) is 0 Å². The van der Waals surface area contributed by atoms with E-state index >= 15 is 0 Å². The van der Waals surface area contributed by atoms with Gasteiger partial charge in [-0.25, -0.2) is 0 Å². The van der Waals surface area contributed by atoms with E-state index in [0.717, 1.165) is 36.7 Å². The number of carbonyl (C=O) groups is 2. The number of hydrogen-bond acceptors (Lipinski definition) is 3.